The molecule has 96 valence electrons. The highest BCUT2D eigenvalue weighted by Gasteiger charge is 2.02. The fourth-order valence-electron chi connectivity index (χ4n) is 1.56. The fourth-order valence-corrected chi connectivity index (χ4v) is 1.56. The molecule has 4 N–H and O–H groups in total. The number of aliphatic hydroxyl groups excluding tert-OH is 1. The van der Waals surface area contributed by atoms with Crippen LogP contribution >= 0.6 is 0 Å². The minimum atomic E-state index is -0.241. The van der Waals surface area contributed by atoms with E-state index in [1.54, 1.807) is 6.07 Å². The normalized spacial score (nSPS) is 12.2. The molecule has 0 amide bonds. The third kappa shape index (κ3) is 4.95. The lowest BCUT2D eigenvalue weighted by atomic mass is 10.2. The first kappa shape index (κ1) is 13.6. The molecule has 1 unspecified atom stereocenters. The average molecular weight is 238 g/mol. The van der Waals surface area contributed by atoms with Gasteiger partial charge in [-0.05, 0) is 25.8 Å². The quantitative estimate of drug-likeness (QED) is 0.637. The van der Waals surface area contributed by atoms with Crippen LogP contribution in [0.25, 0.3) is 0 Å². The molecule has 0 aromatic heterocycles. The third-order valence-electron chi connectivity index (χ3n) is 2.52. The van der Waals surface area contributed by atoms with Gasteiger partial charge in [0.05, 0.1) is 12.7 Å². The van der Waals surface area contributed by atoms with Gasteiger partial charge in [-0.25, -0.2) is 0 Å². The summed E-state index contributed by atoms with van der Waals surface area (Å²) in [6.07, 6.45) is 1.27. The molecule has 4 heteroatoms. The molecule has 0 bridgehead atoms. The van der Waals surface area contributed by atoms with Crippen LogP contribution in [0.3, 0.4) is 0 Å². The fraction of sp³-hybridized carbons (Fsp3) is 0.538. The molecule has 0 fully saturated rings. The Balaban J connectivity index is 2.52. The number of nitrogens with two attached hydrogens (primary N) is 1. The van der Waals surface area contributed by atoms with Crippen LogP contribution in [-0.2, 0) is 0 Å². The van der Waals surface area contributed by atoms with Crippen LogP contribution in [0.2, 0.25) is 0 Å². The van der Waals surface area contributed by atoms with Gasteiger partial charge in [-0.3, -0.25) is 0 Å². The van der Waals surface area contributed by atoms with E-state index in [1.807, 2.05) is 26.0 Å². The van der Waals surface area contributed by atoms with E-state index in [0.29, 0.717) is 12.3 Å². The van der Waals surface area contributed by atoms with Crippen molar-refractivity contribution in [3.63, 3.8) is 0 Å². The molecular weight excluding hydrogens is 216 g/mol. The van der Waals surface area contributed by atoms with Crippen molar-refractivity contribution in [3.8, 4) is 5.75 Å². The molecule has 4 nitrogen and oxygen atoms in total. The Hall–Kier alpha value is -1.42. The molecule has 0 spiro atoms. The van der Waals surface area contributed by atoms with Crippen LogP contribution in [-0.4, -0.2) is 24.4 Å². The highest BCUT2D eigenvalue weighted by atomic mass is 16.5. The molecule has 1 aromatic rings. The Morgan fingerprint density at radius 3 is 2.76 bits per heavy atom. The van der Waals surface area contributed by atoms with Gasteiger partial charge >= 0.3 is 0 Å². The molecule has 17 heavy (non-hydrogen) atoms. The highest BCUT2D eigenvalue weighted by molar-refractivity contribution is 5.59. The molecule has 0 radical (unpaired) electrons. The minimum Gasteiger partial charge on any atom is -0.494 e. The molecule has 0 heterocycles. The predicted octanol–water partition coefficient (Wildman–Crippen LogP) is 2.24. The van der Waals surface area contributed by atoms with Gasteiger partial charge in [0.1, 0.15) is 5.75 Å². The predicted molar refractivity (Wildman–Crippen MR) is 71.4 cm³/mol. The number of aliphatic hydroxyl groups is 1. The highest BCUT2D eigenvalue weighted by Crippen LogP contribution is 2.22. The number of rotatable bonds is 7. The largest absolute Gasteiger partial charge is 0.494 e. The van der Waals surface area contributed by atoms with Crippen LogP contribution in [0.15, 0.2) is 18.2 Å². The number of nitrogens with one attached hydrogen (secondary N) is 1. The van der Waals surface area contributed by atoms with Gasteiger partial charge in [-0.1, -0.05) is 6.92 Å². The van der Waals surface area contributed by atoms with E-state index in [4.69, 9.17) is 10.5 Å². The SMILES string of the molecule is CCOc1cc(N)cc(NCCC(O)CC)c1. The van der Waals surface area contributed by atoms with E-state index in [2.05, 4.69) is 5.32 Å². The first-order chi connectivity index (χ1) is 8.15. The second-order valence-corrected chi connectivity index (χ2v) is 4.00. The summed E-state index contributed by atoms with van der Waals surface area (Å²) in [6, 6.07) is 5.58. The van der Waals surface area contributed by atoms with E-state index < -0.39 is 0 Å². The van der Waals surface area contributed by atoms with Crippen LogP contribution in [0, 0.1) is 0 Å². The second-order valence-electron chi connectivity index (χ2n) is 4.00. The van der Waals surface area contributed by atoms with Crippen LogP contribution in [0.5, 0.6) is 5.75 Å². The summed E-state index contributed by atoms with van der Waals surface area (Å²) in [4.78, 5) is 0. The van der Waals surface area contributed by atoms with Gasteiger partial charge in [0.25, 0.3) is 0 Å². The van der Waals surface area contributed by atoms with Crippen molar-refractivity contribution in [3.05, 3.63) is 18.2 Å². The molecule has 0 aliphatic carbocycles. The zero-order valence-corrected chi connectivity index (χ0v) is 10.6. The van der Waals surface area contributed by atoms with Gasteiger partial charge in [-0.15, -0.1) is 0 Å². The van der Waals surface area contributed by atoms with Crippen molar-refractivity contribution in [1.82, 2.24) is 0 Å². The van der Waals surface area contributed by atoms with Crippen molar-refractivity contribution in [2.45, 2.75) is 32.8 Å². The maximum absolute atomic E-state index is 9.44. The lowest BCUT2D eigenvalue weighted by Crippen LogP contribution is -2.12. The molecule has 1 atom stereocenters. The molecule has 0 saturated heterocycles. The summed E-state index contributed by atoms with van der Waals surface area (Å²) in [5, 5.41) is 12.7. The van der Waals surface area contributed by atoms with Crippen molar-refractivity contribution in [1.29, 1.82) is 0 Å². The Labute approximate surface area is 103 Å². The molecule has 1 rings (SSSR count). The maximum Gasteiger partial charge on any atom is 0.123 e. The first-order valence-electron chi connectivity index (χ1n) is 6.11. The summed E-state index contributed by atoms with van der Waals surface area (Å²) in [7, 11) is 0. The number of hydrogen-bond donors (Lipinski definition) is 3. The van der Waals surface area contributed by atoms with Crippen molar-refractivity contribution < 1.29 is 9.84 Å². The number of nitrogen functional groups attached to an aromatic ring is 1. The zero-order valence-electron chi connectivity index (χ0n) is 10.6. The first-order valence-corrected chi connectivity index (χ1v) is 6.11. The maximum atomic E-state index is 9.44. The molecule has 1 aromatic carbocycles. The van der Waals surface area contributed by atoms with E-state index >= 15 is 0 Å². The lowest BCUT2D eigenvalue weighted by molar-refractivity contribution is 0.164. The van der Waals surface area contributed by atoms with E-state index in [-0.39, 0.29) is 6.10 Å². The Bertz CT molecular complexity index is 342. The van der Waals surface area contributed by atoms with E-state index in [9.17, 15) is 5.11 Å². The van der Waals surface area contributed by atoms with Gasteiger partial charge in [0.2, 0.25) is 0 Å². The third-order valence-corrected chi connectivity index (χ3v) is 2.52. The smallest absolute Gasteiger partial charge is 0.123 e. The summed E-state index contributed by atoms with van der Waals surface area (Å²) in [5.41, 5.74) is 7.38. The lowest BCUT2D eigenvalue weighted by Gasteiger charge is -2.12. The topological polar surface area (TPSA) is 67.5 Å². The van der Waals surface area contributed by atoms with E-state index in [0.717, 1.165) is 30.8 Å². The van der Waals surface area contributed by atoms with E-state index in [1.165, 1.54) is 0 Å². The summed E-state index contributed by atoms with van der Waals surface area (Å²) in [5.74, 6) is 0.769. The van der Waals surface area contributed by atoms with Crippen molar-refractivity contribution in [2.75, 3.05) is 24.2 Å². The summed E-state index contributed by atoms with van der Waals surface area (Å²) in [6.45, 7) is 5.26. The average Bonchev–Trinajstić information content (AvgIpc) is 2.28. The standard InChI is InChI=1S/C13H22N2O2/c1-3-12(16)5-6-15-11-7-10(14)8-13(9-11)17-4-2/h7-9,12,15-16H,3-6,14H2,1-2H3. The van der Waals surface area contributed by atoms with Crippen molar-refractivity contribution >= 4 is 11.4 Å². The van der Waals surface area contributed by atoms with Crippen molar-refractivity contribution in [2.24, 2.45) is 0 Å². The van der Waals surface area contributed by atoms with Crippen LogP contribution < -0.4 is 15.8 Å². The molecule has 0 aliphatic rings. The Morgan fingerprint density at radius 1 is 1.35 bits per heavy atom. The number of benzene rings is 1. The zero-order chi connectivity index (χ0) is 12.7. The summed E-state index contributed by atoms with van der Waals surface area (Å²) < 4.78 is 5.41. The molecular formula is C13H22N2O2. The van der Waals surface area contributed by atoms with Gasteiger partial charge in [-0.2, -0.15) is 0 Å². The Morgan fingerprint density at radius 2 is 2.12 bits per heavy atom. The van der Waals surface area contributed by atoms with Gasteiger partial charge < -0.3 is 20.9 Å². The number of anilines is 2. The minimum absolute atomic E-state index is 0.241. The van der Waals surface area contributed by atoms with Gasteiger partial charge in [0, 0.05) is 30.1 Å². The monoisotopic (exact) mass is 238 g/mol. The molecule has 0 saturated carbocycles. The number of ether oxygens (including phenoxy) is 1. The van der Waals surface area contributed by atoms with Crippen LogP contribution in [0.1, 0.15) is 26.7 Å². The van der Waals surface area contributed by atoms with Gasteiger partial charge in [0.15, 0.2) is 0 Å². The van der Waals surface area contributed by atoms with Crippen LogP contribution in [0.4, 0.5) is 11.4 Å². The molecule has 0 aliphatic heterocycles. The summed E-state index contributed by atoms with van der Waals surface area (Å²) >= 11 is 0. The Kier molecular flexibility index (Phi) is 5.63. The second kappa shape index (κ2) is 7.01. The number of hydrogen-bond acceptors (Lipinski definition) is 4.